The van der Waals surface area contributed by atoms with Crippen molar-refractivity contribution in [3.8, 4) is 0 Å². The first-order valence-electron chi connectivity index (χ1n) is 6.56. The summed E-state index contributed by atoms with van der Waals surface area (Å²) in [7, 11) is 3.75. The Hall–Kier alpha value is -0.390. The lowest BCUT2D eigenvalue weighted by molar-refractivity contribution is 0.165. The SMILES string of the molecule is CCCNC(COC)Cc1c(Br)c(CC)nn1C. The van der Waals surface area contributed by atoms with E-state index in [4.69, 9.17) is 4.74 Å². The molecule has 5 heteroatoms. The second-order valence-corrected chi connectivity index (χ2v) is 5.29. The van der Waals surface area contributed by atoms with Crippen molar-refractivity contribution in [2.75, 3.05) is 20.3 Å². The van der Waals surface area contributed by atoms with Crippen molar-refractivity contribution in [2.45, 2.75) is 39.2 Å². The lowest BCUT2D eigenvalue weighted by Gasteiger charge is -2.17. The Bertz CT molecular complexity index is 365. The van der Waals surface area contributed by atoms with E-state index in [1.54, 1.807) is 7.11 Å². The molecule has 1 atom stereocenters. The van der Waals surface area contributed by atoms with Gasteiger partial charge in [0.2, 0.25) is 0 Å². The van der Waals surface area contributed by atoms with Crippen LogP contribution in [-0.2, 0) is 24.6 Å². The van der Waals surface area contributed by atoms with Gasteiger partial charge >= 0.3 is 0 Å². The van der Waals surface area contributed by atoms with E-state index in [1.807, 2.05) is 11.7 Å². The Kier molecular flexibility index (Phi) is 6.89. The third-order valence-corrected chi connectivity index (χ3v) is 3.91. The van der Waals surface area contributed by atoms with Crippen LogP contribution < -0.4 is 5.32 Å². The molecule has 104 valence electrons. The van der Waals surface area contributed by atoms with Crippen LogP contribution in [0.3, 0.4) is 0 Å². The molecule has 0 fully saturated rings. The normalized spacial score (nSPS) is 12.9. The fourth-order valence-electron chi connectivity index (χ4n) is 2.01. The largest absolute Gasteiger partial charge is 0.383 e. The van der Waals surface area contributed by atoms with E-state index in [0.717, 1.165) is 42.6 Å². The first-order valence-corrected chi connectivity index (χ1v) is 7.35. The Morgan fingerprint density at radius 1 is 1.44 bits per heavy atom. The smallest absolute Gasteiger partial charge is 0.0766 e. The average molecular weight is 318 g/mol. The summed E-state index contributed by atoms with van der Waals surface area (Å²) in [4.78, 5) is 0. The number of methoxy groups -OCH3 is 1. The molecule has 0 aliphatic carbocycles. The van der Waals surface area contributed by atoms with Crippen LogP contribution in [0.25, 0.3) is 0 Å². The maximum absolute atomic E-state index is 5.28. The molecule has 1 heterocycles. The second kappa shape index (κ2) is 7.92. The highest BCUT2D eigenvalue weighted by atomic mass is 79.9. The maximum Gasteiger partial charge on any atom is 0.0766 e. The van der Waals surface area contributed by atoms with Crippen LogP contribution in [0, 0.1) is 0 Å². The molecule has 18 heavy (non-hydrogen) atoms. The van der Waals surface area contributed by atoms with E-state index in [-0.39, 0.29) is 0 Å². The Balaban J connectivity index is 2.76. The number of aryl methyl sites for hydroxylation is 2. The molecular weight excluding hydrogens is 294 g/mol. The van der Waals surface area contributed by atoms with Crippen LogP contribution >= 0.6 is 15.9 Å². The van der Waals surface area contributed by atoms with Crippen LogP contribution in [0.1, 0.15) is 31.7 Å². The van der Waals surface area contributed by atoms with Gasteiger partial charge < -0.3 is 10.1 Å². The van der Waals surface area contributed by atoms with Gasteiger partial charge in [-0.05, 0) is 35.3 Å². The van der Waals surface area contributed by atoms with Crippen LogP contribution in [0.2, 0.25) is 0 Å². The van der Waals surface area contributed by atoms with Gasteiger partial charge in [-0.3, -0.25) is 4.68 Å². The summed E-state index contributed by atoms with van der Waals surface area (Å²) >= 11 is 3.66. The van der Waals surface area contributed by atoms with Crippen molar-refractivity contribution in [3.63, 3.8) is 0 Å². The standard InChI is InChI=1S/C13H24BrN3O/c1-5-7-15-10(9-18-4)8-12-13(14)11(6-2)16-17(12)3/h10,15H,5-9H2,1-4H3. The minimum absolute atomic E-state index is 0.339. The zero-order valence-corrected chi connectivity index (χ0v) is 13.4. The first-order chi connectivity index (χ1) is 8.63. The van der Waals surface area contributed by atoms with Gasteiger partial charge in [-0.25, -0.2) is 0 Å². The van der Waals surface area contributed by atoms with Crippen LogP contribution in [-0.4, -0.2) is 36.1 Å². The molecule has 0 aliphatic heterocycles. The van der Waals surface area contributed by atoms with Crippen molar-refractivity contribution in [3.05, 3.63) is 15.9 Å². The van der Waals surface area contributed by atoms with Gasteiger partial charge in [0, 0.05) is 26.6 Å². The van der Waals surface area contributed by atoms with Gasteiger partial charge in [-0.1, -0.05) is 13.8 Å². The fourth-order valence-corrected chi connectivity index (χ4v) is 2.79. The summed E-state index contributed by atoms with van der Waals surface area (Å²) in [5.41, 5.74) is 2.36. The summed E-state index contributed by atoms with van der Waals surface area (Å²) < 4.78 is 8.40. The van der Waals surface area contributed by atoms with Gasteiger partial charge in [0.15, 0.2) is 0 Å². The third kappa shape index (κ3) is 4.07. The summed E-state index contributed by atoms with van der Waals surface area (Å²) in [6, 6.07) is 0.339. The first kappa shape index (κ1) is 15.7. The molecule has 1 aromatic heterocycles. The quantitative estimate of drug-likeness (QED) is 0.799. The number of nitrogens with one attached hydrogen (secondary N) is 1. The molecule has 0 radical (unpaired) electrons. The van der Waals surface area contributed by atoms with Crippen LogP contribution in [0.15, 0.2) is 4.47 Å². The molecular formula is C13H24BrN3O. The number of aromatic nitrogens is 2. The number of halogens is 1. The minimum atomic E-state index is 0.339. The molecule has 0 bridgehead atoms. The van der Waals surface area contributed by atoms with E-state index < -0.39 is 0 Å². The van der Waals surface area contributed by atoms with Crippen molar-refractivity contribution in [1.82, 2.24) is 15.1 Å². The van der Waals surface area contributed by atoms with E-state index in [1.165, 1.54) is 5.69 Å². The van der Waals surface area contributed by atoms with Crippen molar-refractivity contribution < 1.29 is 4.74 Å². The van der Waals surface area contributed by atoms with Gasteiger partial charge in [0.05, 0.1) is 22.5 Å². The Morgan fingerprint density at radius 2 is 2.17 bits per heavy atom. The number of rotatable bonds is 8. The Morgan fingerprint density at radius 3 is 2.67 bits per heavy atom. The van der Waals surface area contributed by atoms with Crippen LogP contribution in [0.5, 0.6) is 0 Å². The van der Waals surface area contributed by atoms with E-state index in [9.17, 15) is 0 Å². The lowest BCUT2D eigenvalue weighted by Crippen LogP contribution is -2.36. The molecule has 4 nitrogen and oxygen atoms in total. The molecule has 0 aromatic carbocycles. The zero-order chi connectivity index (χ0) is 13.5. The molecule has 1 rings (SSSR count). The third-order valence-electron chi connectivity index (χ3n) is 2.99. The van der Waals surface area contributed by atoms with E-state index in [0.29, 0.717) is 6.04 Å². The molecule has 1 unspecified atom stereocenters. The van der Waals surface area contributed by atoms with E-state index >= 15 is 0 Å². The highest BCUT2D eigenvalue weighted by molar-refractivity contribution is 9.10. The van der Waals surface area contributed by atoms with Gasteiger partial charge in [-0.15, -0.1) is 0 Å². The highest BCUT2D eigenvalue weighted by Gasteiger charge is 2.17. The number of nitrogens with zero attached hydrogens (tertiary/aromatic N) is 2. The number of hydrogen-bond donors (Lipinski definition) is 1. The van der Waals surface area contributed by atoms with Crippen LogP contribution in [0.4, 0.5) is 0 Å². The fraction of sp³-hybridized carbons (Fsp3) is 0.769. The Labute approximate surface area is 118 Å². The molecule has 0 saturated heterocycles. The molecule has 0 spiro atoms. The lowest BCUT2D eigenvalue weighted by atomic mass is 10.1. The van der Waals surface area contributed by atoms with Crippen molar-refractivity contribution in [2.24, 2.45) is 7.05 Å². The van der Waals surface area contributed by atoms with Crippen molar-refractivity contribution >= 4 is 15.9 Å². The number of hydrogen-bond acceptors (Lipinski definition) is 3. The summed E-state index contributed by atoms with van der Waals surface area (Å²) in [6.45, 7) is 6.04. The summed E-state index contributed by atoms with van der Waals surface area (Å²) in [6.07, 6.45) is 3.01. The summed E-state index contributed by atoms with van der Waals surface area (Å²) in [5.74, 6) is 0. The highest BCUT2D eigenvalue weighted by Crippen LogP contribution is 2.22. The van der Waals surface area contributed by atoms with Gasteiger partial charge in [0.25, 0.3) is 0 Å². The van der Waals surface area contributed by atoms with E-state index in [2.05, 4.69) is 40.2 Å². The monoisotopic (exact) mass is 317 g/mol. The topological polar surface area (TPSA) is 39.1 Å². The van der Waals surface area contributed by atoms with Gasteiger partial charge in [0.1, 0.15) is 0 Å². The second-order valence-electron chi connectivity index (χ2n) is 4.50. The molecule has 1 N–H and O–H groups in total. The molecule has 1 aromatic rings. The maximum atomic E-state index is 5.28. The predicted molar refractivity (Wildman–Crippen MR) is 77.9 cm³/mol. The number of ether oxygens (including phenoxy) is 1. The minimum Gasteiger partial charge on any atom is -0.383 e. The van der Waals surface area contributed by atoms with Crippen molar-refractivity contribution in [1.29, 1.82) is 0 Å². The predicted octanol–water partition coefficient (Wildman–Crippen LogP) is 2.30. The molecule has 0 saturated carbocycles. The molecule has 0 amide bonds. The van der Waals surface area contributed by atoms with Gasteiger partial charge in [-0.2, -0.15) is 5.10 Å². The summed E-state index contributed by atoms with van der Waals surface area (Å²) in [5, 5.41) is 8.04. The molecule has 0 aliphatic rings. The zero-order valence-electron chi connectivity index (χ0n) is 11.8. The average Bonchev–Trinajstić information content (AvgIpc) is 2.63.